The van der Waals surface area contributed by atoms with Gasteiger partial charge in [-0.15, -0.1) is 0 Å². The highest BCUT2D eigenvalue weighted by Crippen LogP contribution is 2.49. The number of piperidine rings is 2. The molecule has 7 nitrogen and oxygen atoms in total. The van der Waals surface area contributed by atoms with Crippen LogP contribution >= 0.6 is 0 Å². The number of imide groups is 1. The second-order valence-corrected chi connectivity index (χ2v) is 12.8. The fourth-order valence-corrected chi connectivity index (χ4v) is 7.04. The first-order chi connectivity index (χ1) is 19.3. The molecule has 0 aromatic heterocycles. The molecular weight excluding hydrogens is 535 g/mol. The number of carbonyl (C=O) groups is 3. The first kappa shape index (κ1) is 27.9. The van der Waals surface area contributed by atoms with E-state index in [1.807, 2.05) is 38.1 Å². The van der Waals surface area contributed by atoms with Crippen LogP contribution < -0.4 is 5.32 Å². The molecule has 2 aromatic rings. The molecule has 3 aliphatic heterocycles. The van der Waals surface area contributed by atoms with Gasteiger partial charge in [-0.25, -0.2) is 13.2 Å². The van der Waals surface area contributed by atoms with E-state index in [0.29, 0.717) is 19.6 Å². The van der Waals surface area contributed by atoms with Crippen LogP contribution in [0.2, 0.25) is 0 Å². The van der Waals surface area contributed by atoms with E-state index in [0.717, 1.165) is 11.1 Å². The number of halogens is 3. The normalized spacial score (nSPS) is 27.9. The number of carbonyl (C=O) groups excluding carboxylic acids is 3. The molecule has 2 unspecified atom stereocenters. The number of hydrogen-bond acceptors (Lipinski definition) is 5. The third kappa shape index (κ3) is 4.74. The van der Waals surface area contributed by atoms with E-state index in [1.165, 1.54) is 17.0 Å². The van der Waals surface area contributed by atoms with Crippen molar-refractivity contribution in [1.82, 2.24) is 15.1 Å². The van der Waals surface area contributed by atoms with E-state index in [-0.39, 0.29) is 61.3 Å². The molecule has 1 aliphatic carbocycles. The molecule has 6 rings (SSSR count). The zero-order valence-electron chi connectivity index (χ0n) is 23.2. The number of alkyl halides is 2. The van der Waals surface area contributed by atoms with Crippen molar-refractivity contribution >= 4 is 17.7 Å². The first-order valence-electron chi connectivity index (χ1n) is 14.2. The molecule has 3 heterocycles. The van der Waals surface area contributed by atoms with Gasteiger partial charge in [0.15, 0.2) is 0 Å². The maximum Gasteiger partial charge on any atom is 0.255 e. The zero-order valence-corrected chi connectivity index (χ0v) is 23.2. The number of fused-ring (bicyclic) bond motifs is 1. The van der Waals surface area contributed by atoms with E-state index < -0.39 is 46.5 Å². The third-order valence-corrected chi connectivity index (χ3v) is 9.57. The topological polar surface area (TPSA) is 89.9 Å². The minimum absolute atomic E-state index is 0.1000. The maximum atomic E-state index is 16.1. The van der Waals surface area contributed by atoms with Crippen LogP contribution in [-0.2, 0) is 28.3 Å². The quantitative estimate of drug-likeness (QED) is 0.527. The number of amides is 3. The van der Waals surface area contributed by atoms with Crippen molar-refractivity contribution in [2.24, 2.45) is 5.41 Å². The van der Waals surface area contributed by atoms with Gasteiger partial charge in [0.1, 0.15) is 11.9 Å². The molecule has 0 radical (unpaired) electrons. The first-order valence-corrected chi connectivity index (χ1v) is 14.2. The monoisotopic (exact) mass is 569 g/mol. The molecule has 1 saturated carbocycles. The number of nitrogens with one attached hydrogen (secondary N) is 1. The molecule has 2 N–H and O–H groups in total. The fraction of sp³-hybridized carbons (Fsp3) is 0.516. The smallest absolute Gasteiger partial charge is 0.255 e. The number of hydrogen-bond donors (Lipinski definition) is 2. The summed E-state index contributed by atoms with van der Waals surface area (Å²) in [6.45, 7) is 5.30. The Hall–Kier alpha value is -3.24. The molecule has 0 bridgehead atoms. The summed E-state index contributed by atoms with van der Waals surface area (Å²) < 4.78 is 42.6. The van der Waals surface area contributed by atoms with Gasteiger partial charge in [-0.05, 0) is 36.0 Å². The SMILES string of the molecule is CC1(C)CN(Cc2ccc(C3CC(F)(F)C3)cc2)CCC1(O)c1ccc2c(c1F)CN(C1CCC(=O)NC1=O)C2=O. The number of benzene rings is 2. The lowest BCUT2D eigenvalue weighted by Gasteiger charge is -2.50. The Morgan fingerprint density at radius 2 is 1.76 bits per heavy atom. The van der Waals surface area contributed by atoms with Crippen LogP contribution in [0.5, 0.6) is 0 Å². The Morgan fingerprint density at radius 1 is 1.05 bits per heavy atom. The van der Waals surface area contributed by atoms with Crippen molar-refractivity contribution in [2.75, 3.05) is 13.1 Å². The number of rotatable bonds is 5. The van der Waals surface area contributed by atoms with E-state index in [9.17, 15) is 28.3 Å². The van der Waals surface area contributed by atoms with Crippen LogP contribution in [0.1, 0.15) is 84.5 Å². The van der Waals surface area contributed by atoms with Gasteiger partial charge in [0.25, 0.3) is 5.91 Å². The molecule has 0 spiro atoms. The van der Waals surface area contributed by atoms with Crippen molar-refractivity contribution in [2.45, 2.75) is 82.5 Å². The molecule has 3 amide bonds. The third-order valence-electron chi connectivity index (χ3n) is 9.57. The van der Waals surface area contributed by atoms with Crippen LogP contribution in [0.15, 0.2) is 36.4 Å². The van der Waals surface area contributed by atoms with Gasteiger partial charge in [-0.2, -0.15) is 0 Å². The van der Waals surface area contributed by atoms with Crippen molar-refractivity contribution < 1.29 is 32.7 Å². The summed E-state index contributed by atoms with van der Waals surface area (Å²) in [5, 5.41) is 14.2. The second-order valence-electron chi connectivity index (χ2n) is 12.8. The Morgan fingerprint density at radius 3 is 2.39 bits per heavy atom. The lowest BCUT2D eigenvalue weighted by molar-refractivity contribution is -0.137. The summed E-state index contributed by atoms with van der Waals surface area (Å²) in [4.78, 5) is 40.5. The average Bonchev–Trinajstić information content (AvgIpc) is 3.22. The fourth-order valence-electron chi connectivity index (χ4n) is 7.04. The lowest BCUT2D eigenvalue weighted by atomic mass is 9.66. The number of aliphatic hydroxyl groups is 1. The van der Waals surface area contributed by atoms with Gasteiger partial charge in [0.2, 0.25) is 17.7 Å². The average molecular weight is 570 g/mol. The number of nitrogens with zero attached hydrogens (tertiary/aromatic N) is 2. The van der Waals surface area contributed by atoms with Gasteiger partial charge < -0.3 is 10.0 Å². The van der Waals surface area contributed by atoms with Crippen LogP contribution in [0, 0.1) is 11.2 Å². The van der Waals surface area contributed by atoms with Gasteiger partial charge in [-0.1, -0.05) is 44.2 Å². The van der Waals surface area contributed by atoms with Crippen LogP contribution in [-0.4, -0.2) is 57.7 Å². The minimum atomic E-state index is -2.56. The Balaban J connectivity index is 1.16. The Kier molecular flexibility index (Phi) is 6.57. The standard InChI is InChI=1S/C31H34F3N3O4/c1-29(2)17-36(15-18-3-5-19(6-4-18)20-13-30(33,34)14-20)12-11-31(29,41)23-8-7-21-22(26(23)32)16-37(28(21)40)24-9-10-25(38)35-27(24)39/h3-8,20,24,41H,9-17H2,1-2H3,(H,35,38,39). The summed E-state index contributed by atoms with van der Waals surface area (Å²) in [5.41, 5.74) is 0.195. The van der Waals surface area contributed by atoms with E-state index in [1.54, 1.807) is 0 Å². The highest BCUT2D eigenvalue weighted by Gasteiger charge is 2.51. The van der Waals surface area contributed by atoms with Crippen LogP contribution in [0.3, 0.4) is 0 Å². The Bertz CT molecular complexity index is 1420. The van der Waals surface area contributed by atoms with Gasteiger partial charge in [0, 0.05) is 61.0 Å². The molecule has 218 valence electrons. The van der Waals surface area contributed by atoms with E-state index >= 15 is 4.39 Å². The molecule has 4 aliphatic rings. The molecule has 2 saturated heterocycles. The summed E-state index contributed by atoms with van der Waals surface area (Å²) in [5.74, 6) is -4.70. The lowest BCUT2D eigenvalue weighted by Crippen LogP contribution is -2.55. The van der Waals surface area contributed by atoms with Crippen molar-refractivity contribution in [1.29, 1.82) is 0 Å². The van der Waals surface area contributed by atoms with Gasteiger partial charge >= 0.3 is 0 Å². The largest absolute Gasteiger partial charge is 0.384 e. The molecular formula is C31H34F3N3O4. The zero-order chi connectivity index (χ0) is 29.3. The molecule has 3 fully saturated rings. The minimum Gasteiger partial charge on any atom is -0.384 e. The molecule has 2 atom stereocenters. The summed E-state index contributed by atoms with van der Waals surface area (Å²) in [7, 11) is 0. The van der Waals surface area contributed by atoms with Crippen molar-refractivity contribution in [3.8, 4) is 0 Å². The van der Waals surface area contributed by atoms with Crippen molar-refractivity contribution in [3.63, 3.8) is 0 Å². The Labute approximate surface area is 236 Å². The maximum absolute atomic E-state index is 16.1. The highest BCUT2D eigenvalue weighted by atomic mass is 19.3. The van der Waals surface area contributed by atoms with Crippen LogP contribution in [0.4, 0.5) is 13.2 Å². The predicted molar refractivity (Wildman–Crippen MR) is 143 cm³/mol. The number of likely N-dealkylation sites (tertiary alicyclic amines) is 1. The highest BCUT2D eigenvalue weighted by molar-refractivity contribution is 6.05. The van der Waals surface area contributed by atoms with Crippen LogP contribution in [0.25, 0.3) is 0 Å². The molecule has 41 heavy (non-hydrogen) atoms. The summed E-state index contributed by atoms with van der Waals surface area (Å²) in [6.07, 6.45) is 0.361. The summed E-state index contributed by atoms with van der Waals surface area (Å²) >= 11 is 0. The second kappa shape index (κ2) is 9.66. The van der Waals surface area contributed by atoms with E-state index in [4.69, 9.17) is 0 Å². The predicted octanol–water partition coefficient (Wildman–Crippen LogP) is 4.22. The van der Waals surface area contributed by atoms with Gasteiger partial charge in [0.05, 0.1) is 12.1 Å². The van der Waals surface area contributed by atoms with Gasteiger partial charge in [-0.3, -0.25) is 24.6 Å². The molecule has 10 heteroatoms. The van der Waals surface area contributed by atoms with Crippen molar-refractivity contribution in [3.05, 3.63) is 70.0 Å². The van der Waals surface area contributed by atoms with E-state index in [2.05, 4.69) is 10.2 Å². The summed E-state index contributed by atoms with van der Waals surface area (Å²) in [6, 6.07) is 9.93. The molecule has 2 aromatic carbocycles.